The van der Waals surface area contributed by atoms with E-state index >= 15 is 0 Å². The number of carbonyl (C=O) groups is 2. The summed E-state index contributed by atoms with van der Waals surface area (Å²) in [7, 11) is 0. The Morgan fingerprint density at radius 3 is 2.36 bits per heavy atom. The summed E-state index contributed by atoms with van der Waals surface area (Å²) in [4.78, 5) is 30.7. The predicted molar refractivity (Wildman–Crippen MR) is 143 cm³/mol. The molecule has 1 aromatic heterocycles. The Bertz CT molecular complexity index is 918. The first kappa shape index (κ1) is 30.2. The van der Waals surface area contributed by atoms with Crippen LogP contribution in [-0.4, -0.2) is 45.3 Å². The second kappa shape index (κ2) is 12.5. The van der Waals surface area contributed by atoms with E-state index in [0.29, 0.717) is 6.42 Å². The van der Waals surface area contributed by atoms with Crippen LogP contribution in [0.1, 0.15) is 98.2 Å². The fourth-order valence-corrected chi connectivity index (χ4v) is 5.01. The number of aryl methyl sites for hydroxylation is 1. The summed E-state index contributed by atoms with van der Waals surface area (Å²) >= 11 is 0. The van der Waals surface area contributed by atoms with Crippen molar-refractivity contribution < 1.29 is 24.5 Å². The van der Waals surface area contributed by atoms with Gasteiger partial charge in [0.05, 0.1) is 29.7 Å². The number of aliphatic hydroxyl groups excluding tert-OH is 2. The number of cyclic esters (lactones) is 1. The normalized spacial score (nSPS) is 31.1. The van der Waals surface area contributed by atoms with Crippen LogP contribution >= 0.6 is 0 Å². The predicted octanol–water partition coefficient (Wildman–Crippen LogP) is 5.67. The monoisotopic (exact) mass is 501 g/mol. The Morgan fingerprint density at radius 2 is 1.75 bits per heavy atom. The molecule has 0 bridgehead atoms. The molecule has 1 aliphatic heterocycles. The van der Waals surface area contributed by atoms with E-state index in [1.165, 1.54) is 0 Å². The zero-order chi connectivity index (χ0) is 27.3. The van der Waals surface area contributed by atoms with E-state index < -0.39 is 35.6 Å². The number of aliphatic hydroxyl groups is 2. The second-order valence-electron chi connectivity index (χ2n) is 12.3. The number of ether oxygens (including phenoxy) is 1. The summed E-state index contributed by atoms with van der Waals surface area (Å²) in [6.45, 7) is 15.3. The Balaban J connectivity index is 2.34. The van der Waals surface area contributed by atoms with E-state index in [1.54, 1.807) is 20.8 Å². The molecule has 36 heavy (non-hydrogen) atoms. The van der Waals surface area contributed by atoms with Gasteiger partial charge in [-0.05, 0) is 74.1 Å². The Hall–Kier alpha value is -2.05. The minimum Gasteiger partial charge on any atom is -0.458 e. The second-order valence-corrected chi connectivity index (χ2v) is 12.3. The van der Waals surface area contributed by atoms with Gasteiger partial charge < -0.3 is 14.9 Å². The molecule has 0 unspecified atom stereocenters. The summed E-state index contributed by atoms with van der Waals surface area (Å²) in [6.07, 6.45) is 5.25. The summed E-state index contributed by atoms with van der Waals surface area (Å²) in [5.74, 6) is -1.45. The van der Waals surface area contributed by atoms with E-state index in [4.69, 9.17) is 4.74 Å². The van der Waals surface area contributed by atoms with Crippen LogP contribution in [0.3, 0.4) is 0 Å². The van der Waals surface area contributed by atoms with Crippen molar-refractivity contribution in [2.24, 2.45) is 22.7 Å². The molecule has 1 aromatic rings. The van der Waals surface area contributed by atoms with Gasteiger partial charge in [-0.15, -0.1) is 0 Å². The van der Waals surface area contributed by atoms with Crippen LogP contribution in [0.5, 0.6) is 0 Å². The minimum absolute atomic E-state index is 0.0255. The van der Waals surface area contributed by atoms with Crippen molar-refractivity contribution in [2.75, 3.05) is 0 Å². The highest BCUT2D eigenvalue weighted by Gasteiger charge is 2.42. The zero-order valence-corrected chi connectivity index (χ0v) is 23.5. The molecule has 5 atom stereocenters. The molecule has 1 saturated heterocycles. The molecule has 2 N–H and O–H groups in total. The number of hydrogen-bond donors (Lipinski definition) is 2. The van der Waals surface area contributed by atoms with Gasteiger partial charge in [-0.3, -0.25) is 14.6 Å². The molecule has 202 valence electrons. The number of carbonyl (C=O) groups excluding carboxylic acids is 2. The first-order valence-electron chi connectivity index (χ1n) is 13.3. The average molecular weight is 502 g/mol. The third-order valence-corrected chi connectivity index (χ3v) is 8.02. The van der Waals surface area contributed by atoms with Crippen LogP contribution in [-0.2, 0) is 14.3 Å². The van der Waals surface area contributed by atoms with Gasteiger partial charge in [0.15, 0.2) is 0 Å². The molecule has 0 radical (unpaired) electrons. The number of hydrogen-bond acceptors (Lipinski definition) is 6. The summed E-state index contributed by atoms with van der Waals surface area (Å²) in [5, 5.41) is 21.8. The molecular weight excluding hydrogens is 454 g/mol. The highest BCUT2D eigenvalue weighted by Crippen LogP contribution is 2.35. The third kappa shape index (κ3) is 8.24. The Labute approximate surface area is 217 Å². The highest BCUT2D eigenvalue weighted by molar-refractivity contribution is 5.88. The van der Waals surface area contributed by atoms with Gasteiger partial charge in [-0.25, -0.2) is 0 Å². The topological polar surface area (TPSA) is 96.7 Å². The van der Waals surface area contributed by atoms with E-state index in [9.17, 15) is 19.8 Å². The van der Waals surface area contributed by atoms with Crippen molar-refractivity contribution in [3.05, 3.63) is 35.2 Å². The lowest BCUT2D eigenvalue weighted by Crippen LogP contribution is -2.45. The number of Topliss-reactive ketones (excluding diaryl/α,β-unsaturated/α-hetero) is 1. The van der Waals surface area contributed by atoms with Crippen molar-refractivity contribution in [1.82, 2.24) is 4.98 Å². The van der Waals surface area contributed by atoms with Crippen molar-refractivity contribution in [3.8, 4) is 0 Å². The highest BCUT2D eigenvalue weighted by atomic mass is 16.5. The Kier molecular flexibility index (Phi) is 10.4. The van der Waals surface area contributed by atoms with Gasteiger partial charge in [0, 0.05) is 12.1 Å². The van der Waals surface area contributed by atoms with Gasteiger partial charge in [0.1, 0.15) is 11.9 Å². The summed E-state index contributed by atoms with van der Waals surface area (Å²) in [5.41, 5.74) is 1.60. The van der Waals surface area contributed by atoms with E-state index in [2.05, 4.69) is 18.8 Å². The number of esters is 1. The molecule has 6 nitrogen and oxygen atoms in total. The number of ketones is 1. The molecule has 0 amide bonds. The lowest BCUT2D eigenvalue weighted by atomic mass is 9.72. The molecule has 0 saturated carbocycles. The maximum atomic E-state index is 13.2. The molecule has 6 heteroatoms. The van der Waals surface area contributed by atoms with Crippen LogP contribution in [0, 0.1) is 29.6 Å². The number of pyridine rings is 1. The van der Waals surface area contributed by atoms with Crippen LogP contribution < -0.4 is 0 Å². The fraction of sp³-hybridized carbons (Fsp3) is 0.700. The third-order valence-electron chi connectivity index (χ3n) is 8.02. The molecule has 1 aliphatic rings. The molecular formula is C30H47NO5. The molecule has 2 heterocycles. The first-order chi connectivity index (χ1) is 16.6. The van der Waals surface area contributed by atoms with Crippen molar-refractivity contribution >= 4 is 17.8 Å². The van der Waals surface area contributed by atoms with Gasteiger partial charge >= 0.3 is 5.97 Å². The van der Waals surface area contributed by atoms with Gasteiger partial charge in [-0.1, -0.05) is 54.0 Å². The lowest BCUT2D eigenvalue weighted by Gasteiger charge is -2.35. The SMILES string of the molecule is C/C(=C\c1ccc(C)cn1)[C@@H]1CCC(C)(C)CCC[C@H](C)[C@H](O)[C@@H](C)C(=O)C(C)(C)[C@@H](O)CC(=O)O1. The minimum atomic E-state index is -1.21. The Morgan fingerprint density at radius 1 is 1.08 bits per heavy atom. The van der Waals surface area contributed by atoms with Crippen LogP contribution in [0.4, 0.5) is 0 Å². The molecule has 2 rings (SSSR count). The van der Waals surface area contributed by atoms with Gasteiger partial charge in [0.25, 0.3) is 0 Å². The zero-order valence-electron chi connectivity index (χ0n) is 23.5. The largest absolute Gasteiger partial charge is 0.458 e. The molecule has 0 aromatic carbocycles. The first-order valence-corrected chi connectivity index (χ1v) is 13.3. The van der Waals surface area contributed by atoms with Crippen molar-refractivity contribution in [2.45, 2.75) is 112 Å². The van der Waals surface area contributed by atoms with Gasteiger partial charge in [0.2, 0.25) is 0 Å². The summed E-state index contributed by atoms with van der Waals surface area (Å²) in [6, 6.07) is 3.93. The smallest absolute Gasteiger partial charge is 0.309 e. The van der Waals surface area contributed by atoms with E-state index in [1.807, 2.05) is 45.2 Å². The van der Waals surface area contributed by atoms with E-state index in [0.717, 1.165) is 42.5 Å². The van der Waals surface area contributed by atoms with Crippen LogP contribution in [0.15, 0.2) is 23.9 Å². The van der Waals surface area contributed by atoms with Crippen LogP contribution in [0.2, 0.25) is 0 Å². The number of aromatic nitrogens is 1. The standard InChI is InChI=1S/C30H47NO5/c1-19-11-12-23(31-18-19)16-21(3)24-13-15-29(5,6)14-9-10-20(2)27(34)22(4)28(35)30(7,8)25(32)17-26(33)36-24/h11-12,16,18,20,22,24-25,27,32,34H,9-10,13-15,17H2,1-8H3/b21-16+/t20-,22+,24-,25-,27-/m0/s1. The maximum Gasteiger partial charge on any atom is 0.309 e. The quantitative estimate of drug-likeness (QED) is 0.507. The lowest BCUT2D eigenvalue weighted by molar-refractivity contribution is -0.154. The van der Waals surface area contributed by atoms with E-state index in [-0.39, 0.29) is 23.5 Å². The summed E-state index contributed by atoms with van der Waals surface area (Å²) < 4.78 is 5.91. The van der Waals surface area contributed by atoms with Crippen LogP contribution in [0.25, 0.3) is 6.08 Å². The maximum absolute atomic E-state index is 13.2. The van der Waals surface area contributed by atoms with Crippen molar-refractivity contribution in [3.63, 3.8) is 0 Å². The molecule has 0 aliphatic carbocycles. The van der Waals surface area contributed by atoms with Crippen molar-refractivity contribution in [1.29, 1.82) is 0 Å². The average Bonchev–Trinajstić information content (AvgIpc) is 2.80. The molecule has 1 fully saturated rings. The number of rotatable bonds is 2. The number of nitrogens with zero attached hydrogens (tertiary/aromatic N) is 1. The molecule has 0 spiro atoms. The van der Waals surface area contributed by atoms with Gasteiger partial charge in [-0.2, -0.15) is 0 Å². The fourth-order valence-electron chi connectivity index (χ4n) is 5.01.